The molecule has 7 heteroatoms. The number of imidazole rings is 1. The van der Waals surface area contributed by atoms with Crippen LogP contribution in [-0.2, 0) is 17.8 Å². The number of aliphatic imine (C=N–C) groups is 1. The third kappa shape index (κ3) is 8.70. The molecule has 0 bridgehead atoms. The lowest BCUT2D eigenvalue weighted by Crippen LogP contribution is -2.37. The van der Waals surface area contributed by atoms with E-state index in [0.717, 1.165) is 32.0 Å². The van der Waals surface area contributed by atoms with Gasteiger partial charge in [-0.05, 0) is 30.0 Å². The van der Waals surface area contributed by atoms with Crippen LogP contribution in [0.15, 0.2) is 78.3 Å². The number of halogens is 1. The summed E-state index contributed by atoms with van der Waals surface area (Å²) >= 11 is 0. The first kappa shape index (κ1) is 24.9. The van der Waals surface area contributed by atoms with Crippen LogP contribution in [0.4, 0.5) is 0 Å². The number of nitrogens with zero attached hydrogens (tertiary/aromatic N) is 3. The molecule has 1 aromatic heterocycles. The van der Waals surface area contributed by atoms with Crippen molar-refractivity contribution in [1.82, 2.24) is 20.2 Å². The first-order valence-corrected chi connectivity index (χ1v) is 10.4. The van der Waals surface area contributed by atoms with Crippen LogP contribution in [-0.4, -0.2) is 35.7 Å². The quantitative estimate of drug-likeness (QED) is 0.176. The molecule has 1 heterocycles. The van der Waals surface area contributed by atoms with Gasteiger partial charge in [-0.3, -0.25) is 4.99 Å². The van der Waals surface area contributed by atoms with Crippen LogP contribution in [0.2, 0.25) is 0 Å². The number of ether oxygens (including phenoxy) is 1. The van der Waals surface area contributed by atoms with E-state index in [1.807, 2.05) is 30.7 Å². The Labute approximate surface area is 202 Å². The molecular formula is C24H32IN5O. The lowest BCUT2D eigenvalue weighted by Gasteiger charge is -2.15. The summed E-state index contributed by atoms with van der Waals surface area (Å²) in [6, 6.07) is 18.8. The zero-order chi connectivity index (χ0) is 21.0. The minimum atomic E-state index is 0. The molecule has 6 nitrogen and oxygen atoms in total. The van der Waals surface area contributed by atoms with E-state index in [1.54, 1.807) is 13.2 Å². The van der Waals surface area contributed by atoms with E-state index in [9.17, 15) is 0 Å². The SMILES string of the molecule is CN=C(NCCCOC(C)c1ccccc1)NCc1cccc(Cn2ccnc2)c1.I. The van der Waals surface area contributed by atoms with Gasteiger partial charge in [0.15, 0.2) is 5.96 Å². The molecule has 0 saturated carbocycles. The van der Waals surface area contributed by atoms with Crippen molar-refractivity contribution in [2.75, 3.05) is 20.2 Å². The van der Waals surface area contributed by atoms with Gasteiger partial charge in [0.2, 0.25) is 0 Å². The van der Waals surface area contributed by atoms with Crippen molar-refractivity contribution >= 4 is 29.9 Å². The second-order valence-electron chi connectivity index (χ2n) is 7.18. The van der Waals surface area contributed by atoms with Crippen molar-refractivity contribution in [1.29, 1.82) is 0 Å². The van der Waals surface area contributed by atoms with Crippen LogP contribution in [0, 0.1) is 0 Å². The second kappa shape index (κ2) is 13.8. The van der Waals surface area contributed by atoms with E-state index < -0.39 is 0 Å². The zero-order valence-corrected chi connectivity index (χ0v) is 20.5. The third-order valence-corrected chi connectivity index (χ3v) is 4.85. The van der Waals surface area contributed by atoms with Crippen molar-refractivity contribution in [2.24, 2.45) is 4.99 Å². The topological polar surface area (TPSA) is 63.5 Å². The van der Waals surface area contributed by atoms with Crippen LogP contribution in [0.3, 0.4) is 0 Å². The molecule has 0 spiro atoms. The minimum Gasteiger partial charge on any atom is -0.374 e. The van der Waals surface area contributed by atoms with Crippen LogP contribution >= 0.6 is 24.0 Å². The predicted molar refractivity (Wildman–Crippen MR) is 137 cm³/mol. The average Bonchev–Trinajstić information content (AvgIpc) is 3.29. The summed E-state index contributed by atoms with van der Waals surface area (Å²) in [6.45, 7) is 5.14. The molecule has 0 aliphatic carbocycles. The summed E-state index contributed by atoms with van der Waals surface area (Å²) in [5.74, 6) is 0.797. The predicted octanol–water partition coefficient (Wildman–Crippen LogP) is 4.38. The largest absolute Gasteiger partial charge is 0.374 e. The van der Waals surface area contributed by atoms with Gasteiger partial charge >= 0.3 is 0 Å². The van der Waals surface area contributed by atoms with Crippen molar-refractivity contribution in [3.05, 3.63) is 90.0 Å². The Morgan fingerprint density at radius 3 is 2.65 bits per heavy atom. The highest BCUT2D eigenvalue weighted by Crippen LogP contribution is 2.15. The van der Waals surface area contributed by atoms with E-state index in [1.165, 1.54) is 16.7 Å². The van der Waals surface area contributed by atoms with Crippen LogP contribution in [0.1, 0.15) is 36.1 Å². The summed E-state index contributed by atoms with van der Waals surface area (Å²) in [6.07, 6.45) is 6.63. The molecular weight excluding hydrogens is 501 g/mol. The van der Waals surface area contributed by atoms with E-state index in [-0.39, 0.29) is 30.1 Å². The summed E-state index contributed by atoms with van der Waals surface area (Å²) in [7, 11) is 1.79. The molecule has 3 aromatic rings. The Morgan fingerprint density at radius 1 is 1.10 bits per heavy atom. The van der Waals surface area contributed by atoms with E-state index in [0.29, 0.717) is 6.61 Å². The van der Waals surface area contributed by atoms with Crippen LogP contribution in [0.5, 0.6) is 0 Å². The van der Waals surface area contributed by atoms with Gasteiger partial charge in [0.05, 0.1) is 12.4 Å². The number of hydrogen-bond acceptors (Lipinski definition) is 3. The van der Waals surface area contributed by atoms with Gasteiger partial charge in [-0.15, -0.1) is 24.0 Å². The fraction of sp³-hybridized carbons (Fsp3) is 0.333. The smallest absolute Gasteiger partial charge is 0.191 e. The molecule has 166 valence electrons. The van der Waals surface area contributed by atoms with Crippen molar-refractivity contribution in [3.63, 3.8) is 0 Å². The van der Waals surface area contributed by atoms with Gasteiger partial charge in [0.25, 0.3) is 0 Å². The Morgan fingerprint density at radius 2 is 1.90 bits per heavy atom. The van der Waals surface area contributed by atoms with Crippen LogP contribution in [0.25, 0.3) is 0 Å². The number of nitrogens with one attached hydrogen (secondary N) is 2. The second-order valence-corrected chi connectivity index (χ2v) is 7.18. The third-order valence-electron chi connectivity index (χ3n) is 4.85. The molecule has 31 heavy (non-hydrogen) atoms. The van der Waals surface area contributed by atoms with E-state index >= 15 is 0 Å². The van der Waals surface area contributed by atoms with Gasteiger partial charge in [-0.2, -0.15) is 0 Å². The van der Waals surface area contributed by atoms with E-state index in [2.05, 4.69) is 68.5 Å². The lowest BCUT2D eigenvalue weighted by atomic mass is 10.1. The molecule has 0 radical (unpaired) electrons. The standard InChI is InChI=1S/C24H31N5O.HI/c1-20(23-10-4-3-5-11-23)30-15-7-12-27-24(25-2)28-17-21-8-6-9-22(16-21)18-29-14-13-26-19-29;/h3-6,8-11,13-14,16,19-20H,7,12,15,17-18H2,1-2H3,(H2,25,27,28);1H. The van der Waals surface area contributed by atoms with Crippen LogP contribution < -0.4 is 10.6 Å². The highest BCUT2D eigenvalue weighted by molar-refractivity contribution is 14.0. The molecule has 0 saturated heterocycles. The van der Waals surface area contributed by atoms with Gasteiger partial charge in [-0.1, -0.05) is 54.6 Å². The molecule has 2 aromatic carbocycles. The molecule has 2 N–H and O–H groups in total. The minimum absolute atomic E-state index is 0. The number of benzene rings is 2. The number of rotatable bonds is 10. The Hall–Kier alpha value is -2.39. The van der Waals surface area contributed by atoms with Crippen molar-refractivity contribution < 1.29 is 4.74 Å². The summed E-state index contributed by atoms with van der Waals surface area (Å²) in [5, 5.41) is 6.73. The maximum atomic E-state index is 5.92. The lowest BCUT2D eigenvalue weighted by molar-refractivity contribution is 0.0646. The monoisotopic (exact) mass is 533 g/mol. The van der Waals surface area contributed by atoms with Gasteiger partial charge in [0.1, 0.15) is 0 Å². The van der Waals surface area contributed by atoms with Crippen molar-refractivity contribution in [2.45, 2.75) is 32.5 Å². The van der Waals surface area contributed by atoms with Gasteiger partial charge < -0.3 is 19.9 Å². The Balaban J connectivity index is 0.00000341. The highest BCUT2D eigenvalue weighted by atomic mass is 127. The molecule has 1 unspecified atom stereocenters. The maximum absolute atomic E-state index is 5.92. The average molecular weight is 533 g/mol. The number of hydrogen-bond donors (Lipinski definition) is 2. The molecule has 0 amide bonds. The number of aromatic nitrogens is 2. The van der Waals surface area contributed by atoms with Gasteiger partial charge in [0, 0.05) is 45.7 Å². The molecule has 1 atom stereocenters. The summed E-state index contributed by atoms with van der Waals surface area (Å²) in [4.78, 5) is 8.40. The van der Waals surface area contributed by atoms with Crippen molar-refractivity contribution in [3.8, 4) is 0 Å². The summed E-state index contributed by atoms with van der Waals surface area (Å²) < 4.78 is 7.99. The van der Waals surface area contributed by atoms with E-state index in [4.69, 9.17) is 4.74 Å². The first-order chi connectivity index (χ1) is 14.7. The maximum Gasteiger partial charge on any atom is 0.191 e. The van der Waals surface area contributed by atoms with Gasteiger partial charge in [-0.25, -0.2) is 4.98 Å². The number of guanidine groups is 1. The normalized spacial score (nSPS) is 12.1. The fourth-order valence-electron chi connectivity index (χ4n) is 3.19. The first-order valence-electron chi connectivity index (χ1n) is 10.4. The molecule has 0 aliphatic heterocycles. The zero-order valence-electron chi connectivity index (χ0n) is 18.2. The molecule has 0 aliphatic rings. The molecule has 0 fully saturated rings. The fourth-order valence-corrected chi connectivity index (χ4v) is 3.19. The Kier molecular flexibility index (Phi) is 11.1. The Bertz CT molecular complexity index is 899. The highest BCUT2D eigenvalue weighted by Gasteiger charge is 2.05. The molecule has 3 rings (SSSR count). The summed E-state index contributed by atoms with van der Waals surface area (Å²) in [5.41, 5.74) is 3.67.